The molecule has 3 rings (SSSR count). The van der Waals surface area contributed by atoms with Crippen LogP contribution in [0.3, 0.4) is 0 Å². The van der Waals surface area contributed by atoms with Crippen molar-refractivity contribution in [3.05, 3.63) is 65.2 Å². The van der Waals surface area contributed by atoms with E-state index < -0.39 is 42.1 Å². The van der Waals surface area contributed by atoms with Gasteiger partial charge in [0.2, 0.25) is 5.91 Å². The van der Waals surface area contributed by atoms with Gasteiger partial charge in [-0.2, -0.15) is 0 Å². The van der Waals surface area contributed by atoms with Gasteiger partial charge in [0.1, 0.15) is 18.0 Å². The molecule has 9 nitrogen and oxygen atoms in total. The van der Waals surface area contributed by atoms with Crippen molar-refractivity contribution >= 4 is 17.7 Å². The number of phenols is 1. The first kappa shape index (κ1) is 28.1. The third-order valence-corrected chi connectivity index (χ3v) is 6.46. The Morgan fingerprint density at radius 2 is 1.89 bits per heavy atom. The van der Waals surface area contributed by atoms with Crippen LogP contribution in [0.4, 0.5) is 4.39 Å². The highest BCUT2D eigenvalue weighted by Gasteiger charge is 2.43. The Balaban J connectivity index is 1.79. The van der Waals surface area contributed by atoms with Gasteiger partial charge in [-0.25, -0.2) is 4.39 Å². The minimum absolute atomic E-state index is 0.0608. The van der Waals surface area contributed by atoms with E-state index in [-0.39, 0.29) is 30.7 Å². The first-order valence-corrected chi connectivity index (χ1v) is 12.3. The number of aliphatic hydroxyl groups is 1. The SMILES string of the molecule is COCCCNC(=O)[C@@H]1C[C@H](F)CN1C(=O)[C@@H](O)[C@H](Cc1ccccc1)NC(=O)c1cccc(O)c1C. The third kappa shape index (κ3) is 7.27. The molecule has 1 fully saturated rings. The Morgan fingerprint density at radius 1 is 1.16 bits per heavy atom. The number of aromatic hydroxyl groups is 1. The second-order valence-electron chi connectivity index (χ2n) is 9.14. The maximum atomic E-state index is 14.3. The van der Waals surface area contributed by atoms with Crippen LogP contribution < -0.4 is 10.6 Å². The zero-order chi connectivity index (χ0) is 26.9. The van der Waals surface area contributed by atoms with Crippen LogP contribution in [0.15, 0.2) is 48.5 Å². The van der Waals surface area contributed by atoms with E-state index in [2.05, 4.69) is 10.6 Å². The third-order valence-electron chi connectivity index (χ3n) is 6.46. The average Bonchev–Trinajstić information content (AvgIpc) is 3.29. The number of methoxy groups -OCH3 is 1. The van der Waals surface area contributed by atoms with Gasteiger partial charge in [-0.15, -0.1) is 0 Å². The summed E-state index contributed by atoms with van der Waals surface area (Å²) in [5.74, 6) is -1.99. The van der Waals surface area contributed by atoms with Gasteiger partial charge >= 0.3 is 0 Å². The van der Waals surface area contributed by atoms with Gasteiger partial charge in [0, 0.05) is 37.8 Å². The molecule has 0 saturated carbocycles. The molecule has 1 saturated heterocycles. The number of nitrogens with one attached hydrogen (secondary N) is 2. The number of hydrogen-bond acceptors (Lipinski definition) is 6. The minimum atomic E-state index is -1.74. The Kier molecular flexibility index (Phi) is 9.99. The number of rotatable bonds is 11. The quantitative estimate of drug-likeness (QED) is 0.336. The predicted molar refractivity (Wildman–Crippen MR) is 135 cm³/mol. The van der Waals surface area contributed by atoms with E-state index in [1.165, 1.54) is 18.2 Å². The molecule has 4 N–H and O–H groups in total. The molecule has 1 aliphatic heterocycles. The summed E-state index contributed by atoms with van der Waals surface area (Å²) in [6.07, 6.45) is -2.66. The molecule has 2 aromatic rings. The fourth-order valence-electron chi connectivity index (χ4n) is 4.39. The Labute approximate surface area is 215 Å². The number of nitrogens with zero attached hydrogens (tertiary/aromatic N) is 1. The lowest BCUT2D eigenvalue weighted by Gasteiger charge is -2.30. The molecular weight excluding hydrogens is 481 g/mol. The highest BCUT2D eigenvalue weighted by atomic mass is 19.1. The number of halogens is 1. The smallest absolute Gasteiger partial charge is 0.254 e. The van der Waals surface area contributed by atoms with Crippen molar-refractivity contribution in [2.45, 2.75) is 50.5 Å². The van der Waals surface area contributed by atoms with Crippen LogP contribution in [0, 0.1) is 6.92 Å². The molecule has 3 amide bonds. The summed E-state index contributed by atoms with van der Waals surface area (Å²) in [5.41, 5.74) is 1.30. The number of amides is 3. The Hall–Kier alpha value is -3.50. The van der Waals surface area contributed by atoms with Crippen molar-refractivity contribution in [1.82, 2.24) is 15.5 Å². The van der Waals surface area contributed by atoms with Crippen LogP contribution in [0.1, 0.15) is 34.3 Å². The van der Waals surface area contributed by atoms with E-state index in [1.807, 2.05) is 6.07 Å². The molecule has 0 bridgehead atoms. The number of benzene rings is 2. The van der Waals surface area contributed by atoms with Gasteiger partial charge in [0.25, 0.3) is 11.8 Å². The second-order valence-corrected chi connectivity index (χ2v) is 9.14. The number of ether oxygens (including phenoxy) is 1. The summed E-state index contributed by atoms with van der Waals surface area (Å²) in [7, 11) is 1.54. The van der Waals surface area contributed by atoms with Gasteiger partial charge in [0.05, 0.1) is 12.6 Å². The van der Waals surface area contributed by atoms with Crippen LogP contribution in [0.25, 0.3) is 0 Å². The molecule has 1 heterocycles. The zero-order valence-electron chi connectivity index (χ0n) is 21.0. The number of carbonyl (C=O) groups excluding carboxylic acids is 3. The highest BCUT2D eigenvalue weighted by Crippen LogP contribution is 2.24. The van der Waals surface area contributed by atoms with Crippen LogP contribution >= 0.6 is 0 Å². The maximum absolute atomic E-state index is 14.3. The monoisotopic (exact) mass is 515 g/mol. The summed E-state index contributed by atoms with van der Waals surface area (Å²) < 4.78 is 19.3. The fourth-order valence-corrected chi connectivity index (χ4v) is 4.39. The molecule has 0 aliphatic carbocycles. The molecule has 0 aromatic heterocycles. The molecule has 2 aromatic carbocycles. The minimum Gasteiger partial charge on any atom is -0.508 e. The van der Waals surface area contributed by atoms with Gasteiger partial charge in [0.15, 0.2) is 6.10 Å². The maximum Gasteiger partial charge on any atom is 0.254 e. The average molecular weight is 516 g/mol. The summed E-state index contributed by atoms with van der Waals surface area (Å²) in [6.45, 7) is 2.00. The molecule has 0 radical (unpaired) electrons. The Morgan fingerprint density at radius 3 is 2.59 bits per heavy atom. The van der Waals surface area contributed by atoms with Gasteiger partial charge < -0.3 is 30.5 Å². The van der Waals surface area contributed by atoms with Crippen LogP contribution in [-0.2, 0) is 20.7 Å². The molecule has 0 spiro atoms. The number of hydrogen-bond donors (Lipinski definition) is 4. The first-order valence-electron chi connectivity index (χ1n) is 12.3. The van der Waals surface area contributed by atoms with E-state index >= 15 is 0 Å². The lowest BCUT2D eigenvalue weighted by atomic mass is 9.98. The van der Waals surface area contributed by atoms with Crippen molar-refractivity contribution in [1.29, 1.82) is 0 Å². The fraction of sp³-hybridized carbons (Fsp3) is 0.444. The summed E-state index contributed by atoms with van der Waals surface area (Å²) in [5, 5.41) is 26.5. The van der Waals surface area contributed by atoms with Crippen LogP contribution in [0.2, 0.25) is 0 Å². The second kappa shape index (κ2) is 13.2. The van der Waals surface area contributed by atoms with Crippen LogP contribution in [-0.4, -0.2) is 84.0 Å². The molecule has 0 unspecified atom stereocenters. The van der Waals surface area contributed by atoms with Crippen molar-refractivity contribution in [3.8, 4) is 5.75 Å². The van der Waals surface area contributed by atoms with Gasteiger partial charge in [-0.05, 0) is 37.5 Å². The standard InChI is InChI=1S/C27H34FN3O6/c1-17-20(10-6-11-23(17)32)25(34)30-21(14-18-8-4-3-5-9-18)24(33)27(36)31-16-19(28)15-22(31)26(35)29-12-7-13-37-2/h3-6,8-11,19,21-22,24,32-33H,7,12-16H2,1-2H3,(H,29,35)(H,30,34)/t19-,21-,22-,24-/m0/s1. The van der Waals surface area contributed by atoms with Crippen molar-refractivity contribution in [3.63, 3.8) is 0 Å². The van der Waals surface area contributed by atoms with E-state index in [4.69, 9.17) is 4.74 Å². The predicted octanol–water partition coefficient (Wildman–Crippen LogP) is 1.49. The number of alkyl halides is 1. The van der Waals surface area contributed by atoms with Gasteiger partial charge in [-0.3, -0.25) is 14.4 Å². The van der Waals surface area contributed by atoms with Crippen LogP contribution in [0.5, 0.6) is 5.75 Å². The molecule has 1 aliphatic rings. The number of aliphatic hydroxyl groups excluding tert-OH is 1. The molecular formula is C27H34FN3O6. The number of phenolic OH excluding ortho intramolecular Hbond substituents is 1. The first-order chi connectivity index (χ1) is 17.7. The topological polar surface area (TPSA) is 128 Å². The molecule has 37 heavy (non-hydrogen) atoms. The van der Waals surface area contributed by atoms with E-state index in [9.17, 15) is 29.0 Å². The van der Waals surface area contributed by atoms with Gasteiger partial charge in [-0.1, -0.05) is 36.4 Å². The van der Waals surface area contributed by atoms with Crippen molar-refractivity contribution in [2.24, 2.45) is 0 Å². The van der Waals surface area contributed by atoms with E-state index in [0.29, 0.717) is 25.1 Å². The zero-order valence-corrected chi connectivity index (χ0v) is 21.0. The molecule has 10 heteroatoms. The van der Waals surface area contributed by atoms with Crippen molar-refractivity contribution in [2.75, 3.05) is 26.8 Å². The highest BCUT2D eigenvalue weighted by molar-refractivity contribution is 5.97. The lowest BCUT2D eigenvalue weighted by molar-refractivity contribution is -0.146. The number of likely N-dealkylation sites (tertiary alicyclic amines) is 1. The summed E-state index contributed by atoms with van der Waals surface area (Å²) in [4.78, 5) is 40.2. The summed E-state index contributed by atoms with van der Waals surface area (Å²) in [6, 6.07) is 11.3. The molecule has 4 atom stereocenters. The normalized spacial score (nSPS) is 18.8. The van der Waals surface area contributed by atoms with E-state index in [0.717, 1.165) is 10.5 Å². The lowest BCUT2D eigenvalue weighted by Crippen LogP contribution is -2.56. The molecule has 200 valence electrons. The number of carbonyl (C=O) groups is 3. The largest absolute Gasteiger partial charge is 0.508 e. The Bertz CT molecular complexity index is 1080. The van der Waals surface area contributed by atoms with Crippen molar-refractivity contribution < 1.29 is 33.7 Å². The summed E-state index contributed by atoms with van der Waals surface area (Å²) >= 11 is 0. The van der Waals surface area contributed by atoms with E-state index in [1.54, 1.807) is 38.3 Å².